The van der Waals surface area contributed by atoms with Crippen LogP contribution in [0.2, 0.25) is 0 Å². The molecule has 0 spiro atoms. The van der Waals surface area contributed by atoms with Gasteiger partial charge in [-0.05, 0) is 24.7 Å². The van der Waals surface area contributed by atoms with E-state index in [2.05, 4.69) is 5.32 Å². The van der Waals surface area contributed by atoms with E-state index in [0.717, 1.165) is 18.2 Å². The van der Waals surface area contributed by atoms with Crippen molar-refractivity contribution in [2.45, 2.75) is 30.6 Å². The van der Waals surface area contributed by atoms with Crippen LogP contribution in [0.1, 0.15) is 30.1 Å². The van der Waals surface area contributed by atoms with Gasteiger partial charge in [0.15, 0.2) is 0 Å². The summed E-state index contributed by atoms with van der Waals surface area (Å²) in [7, 11) is 0. The maximum absolute atomic E-state index is 11.5. The smallest absolute Gasteiger partial charge is 0.270 e. The molecule has 0 heterocycles. The van der Waals surface area contributed by atoms with Gasteiger partial charge in [-0.15, -0.1) is 0 Å². The number of non-ortho nitro benzene ring substituents is 1. The molecule has 1 aliphatic carbocycles. The molecule has 1 amide bonds. The second kappa shape index (κ2) is 6.53. The monoisotopic (exact) mass is 325 g/mol. The van der Waals surface area contributed by atoms with E-state index in [1.165, 1.54) is 12.1 Å². The predicted octanol–water partition coefficient (Wildman–Crippen LogP) is 1.75. The number of nitrogens with zero attached hydrogens (tertiary/aromatic N) is 1. The van der Waals surface area contributed by atoms with E-state index in [-0.39, 0.29) is 23.0 Å². The van der Waals surface area contributed by atoms with E-state index in [9.17, 15) is 20.0 Å². The minimum Gasteiger partial charge on any atom is -0.387 e. The maximum Gasteiger partial charge on any atom is 0.270 e. The van der Waals surface area contributed by atoms with Crippen molar-refractivity contribution >= 4 is 29.0 Å². The number of nitrogens with one attached hydrogen (secondary N) is 1. The number of amides is 1. The summed E-state index contributed by atoms with van der Waals surface area (Å²) in [5, 5.41) is 24.5. The quantitative estimate of drug-likeness (QED) is 0.519. The van der Waals surface area contributed by atoms with E-state index < -0.39 is 16.4 Å². The van der Waals surface area contributed by atoms with Gasteiger partial charge in [-0.25, -0.2) is 0 Å². The summed E-state index contributed by atoms with van der Waals surface area (Å²) in [6.45, 7) is 2.32. The Morgan fingerprint density at radius 3 is 2.86 bits per heavy atom. The Bertz CT molecular complexity index is 595. The molecule has 4 N–H and O–H groups in total. The van der Waals surface area contributed by atoms with Crippen molar-refractivity contribution in [1.82, 2.24) is 0 Å². The lowest BCUT2D eigenvalue weighted by Crippen LogP contribution is -2.54. The van der Waals surface area contributed by atoms with Gasteiger partial charge >= 0.3 is 0 Å². The highest BCUT2D eigenvalue weighted by molar-refractivity contribution is 8.00. The first-order valence-electron chi connectivity index (χ1n) is 7.03. The van der Waals surface area contributed by atoms with Gasteiger partial charge < -0.3 is 16.2 Å². The number of nitro benzene ring substituents is 1. The van der Waals surface area contributed by atoms with Crippen LogP contribution < -0.4 is 11.1 Å². The summed E-state index contributed by atoms with van der Waals surface area (Å²) in [6, 6.07) is 3.90. The van der Waals surface area contributed by atoms with Crippen molar-refractivity contribution in [2.24, 2.45) is 5.73 Å². The molecule has 0 saturated heterocycles. The average Bonchev–Trinajstić information content (AvgIpc) is 2.48. The van der Waals surface area contributed by atoms with Crippen LogP contribution >= 0.6 is 11.8 Å². The van der Waals surface area contributed by atoms with Gasteiger partial charge in [0.05, 0.1) is 16.1 Å². The molecule has 1 aromatic rings. The van der Waals surface area contributed by atoms with Crippen molar-refractivity contribution in [1.29, 1.82) is 0 Å². The molecular weight excluding hydrogens is 306 g/mol. The number of aliphatic hydroxyl groups is 1. The molecule has 2 atom stereocenters. The molecule has 8 heteroatoms. The lowest BCUT2D eigenvalue weighted by molar-refractivity contribution is -0.384. The van der Waals surface area contributed by atoms with Crippen LogP contribution in [0, 0.1) is 10.1 Å². The molecule has 7 nitrogen and oxygen atoms in total. The third-order valence-corrected chi connectivity index (χ3v) is 5.28. The number of carbonyl (C=O) groups is 1. The third-order valence-electron chi connectivity index (χ3n) is 3.87. The number of primary amides is 1. The standard InChI is InChI=1S/C14H19N3O4S/c1-2-22-12-5-6-14(12,19)8-16-11-4-3-9(17(20)21)7-10(11)13(15)18/h3-4,7,12,16,19H,2,5-6,8H2,1H3,(H2,15,18). The Labute approximate surface area is 132 Å². The van der Waals surface area contributed by atoms with Gasteiger partial charge in [-0.3, -0.25) is 14.9 Å². The van der Waals surface area contributed by atoms with Crippen LogP contribution in [0.4, 0.5) is 11.4 Å². The first-order valence-corrected chi connectivity index (χ1v) is 8.08. The summed E-state index contributed by atoms with van der Waals surface area (Å²) < 4.78 is 0. The molecule has 2 rings (SSSR count). The zero-order valence-corrected chi connectivity index (χ0v) is 13.1. The highest BCUT2D eigenvalue weighted by atomic mass is 32.2. The molecule has 22 heavy (non-hydrogen) atoms. The largest absolute Gasteiger partial charge is 0.387 e. The van der Waals surface area contributed by atoms with Gasteiger partial charge in [0.25, 0.3) is 11.6 Å². The Morgan fingerprint density at radius 2 is 2.36 bits per heavy atom. The van der Waals surface area contributed by atoms with Crippen LogP contribution in [0.25, 0.3) is 0 Å². The third kappa shape index (κ3) is 3.33. The van der Waals surface area contributed by atoms with Gasteiger partial charge in [0.2, 0.25) is 0 Å². The molecule has 1 aliphatic rings. The number of hydrogen-bond donors (Lipinski definition) is 3. The molecule has 2 unspecified atom stereocenters. The molecule has 1 fully saturated rings. The van der Waals surface area contributed by atoms with Crippen LogP contribution in [0.15, 0.2) is 18.2 Å². The second-order valence-electron chi connectivity index (χ2n) is 5.29. The Hall–Kier alpha value is -1.80. The number of thioether (sulfide) groups is 1. The number of benzene rings is 1. The van der Waals surface area contributed by atoms with E-state index in [1.807, 2.05) is 6.92 Å². The van der Waals surface area contributed by atoms with Crippen LogP contribution in [-0.2, 0) is 0 Å². The summed E-state index contributed by atoms with van der Waals surface area (Å²) >= 11 is 1.71. The molecular formula is C14H19N3O4S. The fraction of sp³-hybridized carbons (Fsp3) is 0.500. The normalized spacial score (nSPS) is 23.6. The Kier molecular flexibility index (Phi) is 4.92. The average molecular weight is 325 g/mol. The number of hydrogen-bond acceptors (Lipinski definition) is 6. The molecule has 0 radical (unpaired) electrons. The summed E-state index contributed by atoms with van der Waals surface area (Å²) in [6.07, 6.45) is 1.65. The fourth-order valence-corrected chi connectivity index (χ4v) is 3.69. The Balaban J connectivity index is 2.13. The lowest BCUT2D eigenvalue weighted by Gasteiger charge is -2.45. The van der Waals surface area contributed by atoms with Gasteiger partial charge in [0.1, 0.15) is 0 Å². The molecule has 1 aromatic carbocycles. The number of rotatable bonds is 7. The fourth-order valence-electron chi connectivity index (χ4n) is 2.49. The topological polar surface area (TPSA) is 118 Å². The van der Waals surface area contributed by atoms with E-state index in [1.54, 1.807) is 11.8 Å². The maximum atomic E-state index is 11.5. The number of nitrogens with two attached hydrogens (primary N) is 1. The minimum atomic E-state index is -0.822. The predicted molar refractivity (Wildman–Crippen MR) is 86.2 cm³/mol. The van der Waals surface area contributed by atoms with E-state index in [0.29, 0.717) is 12.1 Å². The minimum absolute atomic E-state index is 0.0526. The first kappa shape index (κ1) is 16.6. The second-order valence-corrected chi connectivity index (χ2v) is 6.77. The lowest BCUT2D eigenvalue weighted by atomic mass is 9.79. The van der Waals surface area contributed by atoms with E-state index in [4.69, 9.17) is 5.73 Å². The van der Waals surface area contributed by atoms with Crippen molar-refractivity contribution in [3.05, 3.63) is 33.9 Å². The number of anilines is 1. The Morgan fingerprint density at radius 1 is 1.64 bits per heavy atom. The van der Waals surface area contributed by atoms with Gasteiger partial charge in [-0.1, -0.05) is 6.92 Å². The molecule has 0 aliphatic heterocycles. The number of carbonyl (C=O) groups excluding carboxylic acids is 1. The van der Waals surface area contributed by atoms with Crippen molar-refractivity contribution in [3.8, 4) is 0 Å². The molecule has 1 saturated carbocycles. The molecule has 0 bridgehead atoms. The first-order chi connectivity index (χ1) is 10.4. The van der Waals surface area contributed by atoms with Gasteiger partial charge in [0, 0.05) is 29.6 Å². The highest BCUT2D eigenvalue weighted by Crippen LogP contribution is 2.41. The SMILES string of the molecule is CCSC1CCC1(O)CNc1ccc([N+](=O)[O-])cc1C(N)=O. The zero-order valence-electron chi connectivity index (χ0n) is 12.2. The summed E-state index contributed by atoms with van der Waals surface area (Å²) in [5.74, 6) is 0.183. The van der Waals surface area contributed by atoms with Crippen molar-refractivity contribution < 1.29 is 14.8 Å². The van der Waals surface area contributed by atoms with E-state index >= 15 is 0 Å². The van der Waals surface area contributed by atoms with Crippen LogP contribution in [0.5, 0.6) is 0 Å². The summed E-state index contributed by atoms with van der Waals surface area (Å²) in [5.41, 5.74) is 4.71. The number of nitro groups is 1. The summed E-state index contributed by atoms with van der Waals surface area (Å²) in [4.78, 5) is 21.6. The molecule has 0 aromatic heterocycles. The highest BCUT2D eigenvalue weighted by Gasteiger charge is 2.45. The van der Waals surface area contributed by atoms with Crippen molar-refractivity contribution in [2.75, 3.05) is 17.6 Å². The van der Waals surface area contributed by atoms with Crippen LogP contribution in [-0.4, -0.2) is 39.1 Å². The van der Waals surface area contributed by atoms with Gasteiger partial charge in [-0.2, -0.15) is 11.8 Å². The zero-order chi connectivity index (χ0) is 16.3. The van der Waals surface area contributed by atoms with Crippen LogP contribution in [0.3, 0.4) is 0 Å². The molecule has 120 valence electrons. The van der Waals surface area contributed by atoms with Crippen molar-refractivity contribution in [3.63, 3.8) is 0 Å².